The molecule has 0 saturated carbocycles. The number of methoxy groups -OCH3 is 1. The van der Waals surface area contributed by atoms with Gasteiger partial charge in [0.05, 0.1) is 12.7 Å². The highest BCUT2D eigenvalue weighted by Gasteiger charge is 2.23. The summed E-state index contributed by atoms with van der Waals surface area (Å²) >= 11 is 0. The van der Waals surface area contributed by atoms with Crippen LogP contribution < -0.4 is 0 Å². The summed E-state index contributed by atoms with van der Waals surface area (Å²) in [7, 11) is 0.988. The van der Waals surface area contributed by atoms with Gasteiger partial charge in [0.15, 0.2) is 17.3 Å². The molecule has 0 aliphatic carbocycles. The van der Waals surface area contributed by atoms with E-state index in [1.807, 2.05) is 0 Å². The molecule has 1 aromatic rings. The van der Waals surface area contributed by atoms with Crippen LogP contribution in [0.15, 0.2) is 6.20 Å². The third-order valence-corrected chi connectivity index (χ3v) is 1.63. The summed E-state index contributed by atoms with van der Waals surface area (Å²) in [6.45, 7) is 0. The zero-order valence-electron chi connectivity index (χ0n) is 7.50. The number of ether oxygens (including phenoxy) is 1. The van der Waals surface area contributed by atoms with Gasteiger partial charge in [-0.05, 0) is 0 Å². The molecule has 1 aromatic heterocycles. The zero-order chi connectivity index (χ0) is 11.6. The number of hydrogen-bond donors (Lipinski definition) is 1. The molecule has 0 atom stereocenters. The second kappa shape index (κ2) is 4.16. The Kier molecular flexibility index (Phi) is 3.13. The van der Waals surface area contributed by atoms with E-state index in [0.29, 0.717) is 6.20 Å². The van der Waals surface area contributed by atoms with Gasteiger partial charge in [-0.1, -0.05) is 0 Å². The van der Waals surface area contributed by atoms with Crippen LogP contribution in [0.5, 0.6) is 5.75 Å². The third-order valence-electron chi connectivity index (χ3n) is 1.63. The van der Waals surface area contributed by atoms with Gasteiger partial charge >= 0.3 is 5.97 Å². The van der Waals surface area contributed by atoms with Gasteiger partial charge in [-0.2, -0.15) is 0 Å². The predicted octanol–water partition coefficient (Wildman–Crippen LogP) is 1.65. The molecular weight excluding hydrogens is 215 g/mol. The van der Waals surface area contributed by atoms with Crippen LogP contribution in [0, 0.1) is 5.82 Å². The molecule has 0 spiro atoms. The van der Waals surface area contributed by atoms with Crippen molar-refractivity contribution < 1.29 is 27.8 Å². The van der Waals surface area contributed by atoms with Gasteiger partial charge in [0.1, 0.15) is 0 Å². The van der Waals surface area contributed by atoms with E-state index < -0.39 is 35.2 Å². The number of alkyl halides is 2. The topological polar surface area (TPSA) is 59.4 Å². The van der Waals surface area contributed by atoms with Crippen molar-refractivity contribution >= 4 is 5.97 Å². The highest BCUT2D eigenvalue weighted by molar-refractivity contribution is 5.90. The molecule has 82 valence electrons. The first-order valence-electron chi connectivity index (χ1n) is 3.72. The number of nitrogens with zero attached hydrogens (tertiary/aromatic N) is 1. The Hall–Kier alpha value is -1.79. The standard InChI is InChI=1S/C8H6F3NO3/c1-15-8(14)5-6(13)4(9)3(2-12-5)7(10)11/h2,7,13H,1H3. The van der Waals surface area contributed by atoms with Crippen LogP contribution in [-0.2, 0) is 4.74 Å². The minimum Gasteiger partial charge on any atom is -0.503 e. The number of halogens is 3. The summed E-state index contributed by atoms with van der Waals surface area (Å²) in [5, 5.41) is 9.06. The fourth-order valence-corrected chi connectivity index (χ4v) is 0.891. The number of carbonyl (C=O) groups excluding carboxylic acids is 1. The molecule has 0 aliphatic rings. The smallest absolute Gasteiger partial charge is 0.360 e. The fourth-order valence-electron chi connectivity index (χ4n) is 0.891. The third kappa shape index (κ3) is 2.00. The van der Waals surface area contributed by atoms with Gasteiger partial charge in [0.2, 0.25) is 0 Å². The lowest BCUT2D eigenvalue weighted by atomic mass is 10.2. The van der Waals surface area contributed by atoms with Gasteiger partial charge < -0.3 is 9.84 Å². The summed E-state index contributed by atoms with van der Waals surface area (Å²) in [5.41, 5.74) is -1.81. The maximum absolute atomic E-state index is 13.0. The monoisotopic (exact) mass is 221 g/mol. The second-order valence-corrected chi connectivity index (χ2v) is 2.52. The SMILES string of the molecule is COC(=O)c1ncc(C(F)F)c(F)c1O. The lowest BCUT2D eigenvalue weighted by molar-refractivity contribution is 0.0588. The number of esters is 1. The minimum atomic E-state index is -3.12. The van der Waals surface area contributed by atoms with Gasteiger partial charge in [-0.15, -0.1) is 0 Å². The van der Waals surface area contributed by atoms with Gasteiger partial charge in [0, 0.05) is 6.20 Å². The van der Waals surface area contributed by atoms with Crippen molar-refractivity contribution in [1.82, 2.24) is 4.98 Å². The summed E-state index contributed by atoms with van der Waals surface area (Å²) in [4.78, 5) is 14.1. The molecule has 1 heterocycles. The number of rotatable bonds is 2. The van der Waals surface area contributed by atoms with Gasteiger partial charge in [0.25, 0.3) is 6.43 Å². The second-order valence-electron chi connectivity index (χ2n) is 2.52. The molecule has 1 N–H and O–H groups in total. The van der Waals surface area contributed by atoms with E-state index in [1.165, 1.54) is 0 Å². The van der Waals surface area contributed by atoms with Crippen LogP contribution in [0.2, 0.25) is 0 Å². The van der Waals surface area contributed by atoms with Gasteiger partial charge in [-0.3, -0.25) is 0 Å². The highest BCUT2D eigenvalue weighted by atomic mass is 19.3. The molecule has 0 saturated heterocycles. The van der Waals surface area contributed by atoms with Crippen LogP contribution in [0.4, 0.5) is 13.2 Å². The Labute approximate surface area is 82.3 Å². The molecule has 7 heteroatoms. The molecule has 0 fully saturated rings. The molecule has 0 radical (unpaired) electrons. The Morgan fingerprint density at radius 1 is 1.60 bits per heavy atom. The van der Waals surface area contributed by atoms with E-state index in [1.54, 1.807) is 0 Å². The molecule has 15 heavy (non-hydrogen) atoms. The zero-order valence-corrected chi connectivity index (χ0v) is 7.50. The Morgan fingerprint density at radius 3 is 2.67 bits per heavy atom. The Balaban J connectivity index is 3.27. The van der Waals surface area contributed by atoms with Crippen molar-refractivity contribution in [2.45, 2.75) is 6.43 Å². The van der Waals surface area contributed by atoms with Crippen LogP contribution in [0.3, 0.4) is 0 Å². The average molecular weight is 221 g/mol. The van der Waals surface area contributed by atoms with Crippen molar-refractivity contribution in [2.75, 3.05) is 7.11 Å². The number of pyridine rings is 1. The maximum Gasteiger partial charge on any atom is 0.360 e. The van der Waals surface area contributed by atoms with E-state index in [0.717, 1.165) is 7.11 Å². The van der Waals surface area contributed by atoms with Crippen LogP contribution in [0.25, 0.3) is 0 Å². The Morgan fingerprint density at radius 2 is 2.20 bits per heavy atom. The molecule has 0 aliphatic heterocycles. The van der Waals surface area contributed by atoms with Crippen molar-refractivity contribution in [3.8, 4) is 5.75 Å². The van der Waals surface area contributed by atoms with Crippen molar-refractivity contribution in [2.24, 2.45) is 0 Å². The fraction of sp³-hybridized carbons (Fsp3) is 0.250. The van der Waals surface area contributed by atoms with E-state index >= 15 is 0 Å². The quantitative estimate of drug-likeness (QED) is 0.771. The number of hydrogen-bond acceptors (Lipinski definition) is 4. The normalized spacial score (nSPS) is 10.5. The van der Waals surface area contributed by atoms with E-state index in [-0.39, 0.29) is 0 Å². The maximum atomic E-state index is 13.0. The number of carbonyl (C=O) groups is 1. The minimum absolute atomic E-state index is 0.478. The highest BCUT2D eigenvalue weighted by Crippen LogP contribution is 2.29. The molecule has 0 bridgehead atoms. The number of aromatic hydroxyl groups is 1. The van der Waals surface area contributed by atoms with Crippen molar-refractivity contribution in [3.05, 3.63) is 23.3 Å². The molecule has 1 rings (SSSR count). The first-order valence-corrected chi connectivity index (χ1v) is 3.72. The Bertz CT molecular complexity index is 395. The summed E-state index contributed by atoms with van der Waals surface area (Å²) in [5.74, 6) is -3.91. The summed E-state index contributed by atoms with van der Waals surface area (Å²) < 4.78 is 41.4. The molecule has 4 nitrogen and oxygen atoms in total. The molecular formula is C8H6F3NO3. The average Bonchev–Trinajstić information content (AvgIpc) is 2.20. The lowest BCUT2D eigenvalue weighted by Gasteiger charge is -2.06. The van der Waals surface area contributed by atoms with Gasteiger partial charge in [-0.25, -0.2) is 22.9 Å². The molecule has 0 amide bonds. The van der Waals surface area contributed by atoms with Crippen molar-refractivity contribution in [1.29, 1.82) is 0 Å². The van der Waals surface area contributed by atoms with E-state index in [9.17, 15) is 18.0 Å². The van der Waals surface area contributed by atoms with Crippen molar-refractivity contribution in [3.63, 3.8) is 0 Å². The molecule has 0 unspecified atom stereocenters. The largest absolute Gasteiger partial charge is 0.503 e. The summed E-state index contributed by atoms with van der Waals surface area (Å²) in [6, 6.07) is 0. The number of aromatic nitrogens is 1. The van der Waals surface area contributed by atoms with Crippen LogP contribution >= 0.6 is 0 Å². The molecule has 0 aromatic carbocycles. The summed E-state index contributed by atoms with van der Waals surface area (Å²) in [6.07, 6.45) is -2.64. The van der Waals surface area contributed by atoms with E-state index in [2.05, 4.69) is 9.72 Å². The predicted molar refractivity (Wildman–Crippen MR) is 42.2 cm³/mol. The van der Waals surface area contributed by atoms with E-state index in [4.69, 9.17) is 5.11 Å². The van der Waals surface area contributed by atoms with Crippen LogP contribution in [-0.4, -0.2) is 23.2 Å². The first kappa shape index (κ1) is 11.3. The first-order chi connectivity index (χ1) is 6.99. The lowest BCUT2D eigenvalue weighted by Crippen LogP contribution is -2.07. The van der Waals surface area contributed by atoms with Crippen LogP contribution in [0.1, 0.15) is 22.5 Å².